The molecule has 0 saturated heterocycles. The zero-order valence-electron chi connectivity index (χ0n) is 12.9. The molecule has 118 valence electrons. The molecular weight excluding hydrogens is 264 g/mol. The Balaban J connectivity index is 1.99. The summed E-state index contributed by atoms with van der Waals surface area (Å²) in [5, 5.41) is 12.4. The minimum atomic E-state index is -0.193. The van der Waals surface area contributed by atoms with Gasteiger partial charge in [0.05, 0.1) is 12.1 Å². The normalized spacial score (nSPS) is 10.5. The number of hydrogen-bond donors (Lipinski definition) is 3. The number of carbonyl (C=O) groups is 1. The first-order valence-corrected chi connectivity index (χ1v) is 8.11. The molecular formula is C17H29N2O2+. The van der Waals surface area contributed by atoms with Gasteiger partial charge in [-0.25, -0.2) is 0 Å². The molecule has 4 heteroatoms. The SMILES string of the molecule is [NH3+]CCCCCCCCCCNC(=O)c1ccccc1O. The van der Waals surface area contributed by atoms with Crippen LogP contribution in [0.15, 0.2) is 24.3 Å². The zero-order valence-corrected chi connectivity index (χ0v) is 12.9. The van der Waals surface area contributed by atoms with Crippen LogP contribution >= 0.6 is 0 Å². The molecule has 0 radical (unpaired) electrons. The molecule has 1 aromatic carbocycles. The van der Waals surface area contributed by atoms with E-state index >= 15 is 0 Å². The summed E-state index contributed by atoms with van der Waals surface area (Å²) in [6.07, 6.45) is 9.85. The van der Waals surface area contributed by atoms with Crippen LogP contribution in [0, 0.1) is 0 Å². The van der Waals surface area contributed by atoms with Crippen LogP contribution in [-0.2, 0) is 0 Å². The monoisotopic (exact) mass is 293 g/mol. The second-order valence-electron chi connectivity index (χ2n) is 5.46. The molecule has 0 bridgehead atoms. The average molecular weight is 293 g/mol. The van der Waals surface area contributed by atoms with Crippen molar-refractivity contribution in [2.75, 3.05) is 13.1 Å². The van der Waals surface area contributed by atoms with Gasteiger partial charge in [-0.05, 0) is 31.4 Å². The van der Waals surface area contributed by atoms with Crippen molar-refractivity contribution in [2.45, 2.75) is 51.4 Å². The number of amides is 1. The third-order valence-electron chi connectivity index (χ3n) is 3.61. The first kappa shape index (κ1) is 17.5. The van der Waals surface area contributed by atoms with E-state index in [0.717, 1.165) is 19.4 Å². The van der Waals surface area contributed by atoms with Crippen LogP contribution in [0.25, 0.3) is 0 Å². The van der Waals surface area contributed by atoms with E-state index in [2.05, 4.69) is 11.1 Å². The number of para-hydroxylation sites is 1. The van der Waals surface area contributed by atoms with Crippen molar-refractivity contribution in [1.82, 2.24) is 5.32 Å². The van der Waals surface area contributed by atoms with Crippen LogP contribution in [0.3, 0.4) is 0 Å². The Morgan fingerprint density at radius 3 is 2.14 bits per heavy atom. The highest BCUT2D eigenvalue weighted by atomic mass is 16.3. The number of benzene rings is 1. The van der Waals surface area contributed by atoms with Gasteiger partial charge in [0.2, 0.25) is 0 Å². The number of nitrogens with one attached hydrogen (secondary N) is 1. The molecule has 0 aromatic heterocycles. The topological polar surface area (TPSA) is 77.0 Å². The van der Waals surface area contributed by atoms with Crippen LogP contribution in [0.2, 0.25) is 0 Å². The van der Waals surface area contributed by atoms with Gasteiger partial charge >= 0.3 is 0 Å². The minimum Gasteiger partial charge on any atom is -0.507 e. The number of quaternary nitrogens is 1. The number of phenols is 1. The first-order valence-electron chi connectivity index (χ1n) is 8.11. The smallest absolute Gasteiger partial charge is 0.255 e. The van der Waals surface area contributed by atoms with Crippen molar-refractivity contribution in [3.8, 4) is 5.75 Å². The molecule has 0 heterocycles. The summed E-state index contributed by atoms with van der Waals surface area (Å²) in [5.74, 6) is -0.154. The van der Waals surface area contributed by atoms with Crippen molar-refractivity contribution in [3.63, 3.8) is 0 Å². The van der Waals surface area contributed by atoms with Crippen LogP contribution in [-0.4, -0.2) is 24.1 Å². The van der Waals surface area contributed by atoms with Crippen LogP contribution in [0.5, 0.6) is 5.75 Å². The van der Waals surface area contributed by atoms with Gasteiger partial charge in [0.1, 0.15) is 5.75 Å². The van der Waals surface area contributed by atoms with Gasteiger partial charge in [0.25, 0.3) is 5.91 Å². The highest BCUT2D eigenvalue weighted by molar-refractivity contribution is 5.96. The van der Waals surface area contributed by atoms with Gasteiger partial charge < -0.3 is 16.2 Å². The lowest BCUT2D eigenvalue weighted by Gasteiger charge is -2.06. The maximum absolute atomic E-state index is 11.8. The standard InChI is InChI=1S/C17H28N2O2/c18-13-9-5-3-1-2-4-6-10-14-19-17(21)15-11-7-8-12-16(15)20/h7-8,11-12,20H,1-6,9-10,13-14,18H2,(H,19,21)/p+1. The molecule has 1 aromatic rings. The maximum Gasteiger partial charge on any atom is 0.255 e. The Labute approximate surface area is 127 Å². The third kappa shape index (κ3) is 7.71. The lowest BCUT2D eigenvalue weighted by molar-refractivity contribution is -0.368. The molecule has 5 N–H and O–H groups in total. The number of phenolic OH excluding ortho intramolecular Hbond substituents is 1. The van der Waals surface area contributed by atoms with Gasteiger partial charge in [0, 0.05) is 6.54 Å². The molecule has 0 saturated carbocycles. The molecule has 0 aliphatic rings. The number of hydrogen-bond acceptors (Lipinski definition) is 2. The number of carbonyl (C=O) groups excluding carboxylic acids is 1. The van der Waals surface area contributed by atoms with Crippen LogP contribution < -0.4 is 11.1 Å². The number of aromatic hydroxyl groups is 1. The largest absolute Gasteiger partial charge is 0.507 e. The summed E-state index contributed by atoms with van der Waals surface area (Å²) in [6.45, 7) is 1.73. The summed E-state index contributed by atoms with van der Waals surface area (Å²) in [6, 6.07) is 6.63. The van der Waals surface area contributed by atoms with Crippen LogP contribution in [0.1, 0.15) is 61.7 Å². The summed E-state index contributed by atoms with van der Waals surface area (Å²) in [4.78, 5) is 11.8. The fourth-order valence-corrected chi connectivity index (χ4v) is 2.33. The van der Waals surface area contributed by atoms with E-state index < -0.39 is 0 Å². The van der Waals surface area contributed by atoms with Gasteiger partial charge in [-0.15, -0.1) is 0 Å². The van der Waals surface area contributed by atoms with E-state index in [1.54, 1.807) is 18.2 Å². The molecule has 0 atom stereocenters. The minimum absolute atomic E-state index is 0.0391. The Hall–Kier alpha value is -1.55. The second kappa shape index (κ2) is 11.1. The zero-order chi connectivity index (χ0) is 15.3. The Morgan fingerprint density at radius 1 is 0.952 bits per heavy atom. The molecule has 0 unspecified atom stereocenters. The molecule has 0 spiro atoms. The van der Waals surface area contributed by atoms with Crippen molar-refractivity contribution < 1.29 is 15.6 Å². The molecule has 0 fully saturated rings. The molecule has 1 amide bonds. The van der Waals surface area contributed by atoms with E-state index in [9.17, 15) is 9.90 Å². The molecule has 4 nitrogen and oxygen atoms in total. The molecule has 1 rings (SSSR count). The fraction of sp³-hybridized carbons (Fsp3) is 0.588. The van der Waals surface area contributed by atoms with Crippen molar-refractivity contribution in [2.24, 2.45) is 0 Å². The number of rotatable bonds is 11. The maximum atomic E-state index is 11.8. The predicted octanol–water partition coefficient (Wildman–Crippen LogP) is 2.48. The molecule has 0 aliphatic heterocycles. The quantitative estimate of drug-likeness (QED) is 0.548. The highest BCUT2D eigenvalue weighted by Gasteiger charge is 2.08. The number of unbranched alkanes of at least 4 members (excludes halogenated alkanes) is 7. The van der Waals surface area contributed by atoms with E-state index in [4.69, 9.17) is 0 Å². The summed E-state index contributed by atoms with van der Waals surface area (Å²) in [7, 11) is 0. The van der Waals surface area contributed by atoms with Crippen molar-refractivity contribution in [3.05, 3.63) is 29.8 Å². The predicted molar refractivity (Wildman–Crippen MR) is 85.1 cm³/mol. The van der Waals surface area contributed by atoms with Gasteiger partial charge in [0.15, 0.2) is 0 Å². The third-order valence-corrected chi connectivity index (χ3v) is 3.61. The average Bonchev–Trinajstić information content (AvgIpc) is 2.49. The van der Waals surface area contributed by atoms with E-state index in [1.165, 1.54) is 44.6 Å². The van der Waals surface area contributed by atoms with E-state index in [1.807, 2.05) is 0 Å². The van der Waals surface area contributed by atoms with Crippen molar-refractivity contribution in [1.29, 1.82) is 0 Å². The molecule has 21 heavy (non-hydrogen) atoms. The summed E-state index contributed by atoms with van der Waals surface area (Å²) >= 11 is 0. The fourth-order valence-electron chi connectivity index (χ4n) is 2.33. The highest BCUT2D eigenvalue weighted by Crippen LogP contribution is 2.15. The lowest BCUT2D eigenvalue weighted by Crippen LogP contribution is -2.50. The Kier molecular flexibility index (Phi) is 9.29. The van der Waals surface area contributed by atoms with E-state index in [-0.39, 0.29) is 11.7 Å². The summed E-state index contributed by atoms with van der Waals surface area (Å²) in [5.41, 5.74) is 4.19. The first-order chi connectivity index (χ1) is 10.3. The van der Waals surface area contributed by atoms with Crippen molar-refractivity contribution >= 4 is 5.91 Å². The van der Waals surface area contributed by atoms with Gasteiger partial charge in [-0.2, -0.15) is 0 Å². The summed E-state index contributed by atoms with van der Waals surface area (Å²) < 4.78 is 0. The Morgan fingerprint density at radius 2 is 1.52 bits per heavy atom. The van der Waals surface area contributed by atoms with Crippen LogP contribution in [0.4, 0.5) is 0 Å². The van der Waals surface area contributed by atoms with Gasteiger partial charge in [-0.1, -0.05) is 44.2 Å². The molecule has 0 aliphatic carbocycles. The lowest BCUT2D eigenvalue weighted by atomic mass is 10.1. The Bertz CT molecular complexity index is 408. The second-order valence-corrected chi connectivity index (χ2v) is 5.46. The van der Waals surface area contributed by atoms with E-state index in [0.29, 0.717) is 12.1 Å². The van der Waals surface area contributed by atoms with Gasteiger partial charge in [-0.3, -0.25) is 4.79 Å².